The Morgan fingerprint density at radius 1 is 1.05 bits per heavy atom. The van der Waals surface area contributed by atoms with Crippen LogP contribution in [0.4, 0.5) is 24.8 Å². The second-order valence-electron chi connectivity index (χ2n) is 3.84. The number of halogens is 3. The van der Waals surface area contributed by atoms with Gasteiger partial charge in [-0.1, -0.05) is 0 Å². The molecule has 7 heteroatoms. The summed E-state index contributed by atoms with van der Waals surface area (Å²) in [6.07, 6.45) is -2.98. The molecule has 0 bridgehead atoms. The molecule has 1 heterocycles. The van der Waals surface area contributed by atoms with Crippen molar-refractivity contribution < 1.29 is 18.3 Å². The minimum Gasteiger partial charge on any atom is -0.508 e. The molecule has 100 valence electrons. The van der Waals surface area contributed by atoms with Gasteiger partial charge in [0.25, 0.3) is 0 Å². The van der Waals surface area contributed by atoms with Crippen LogP contribution in [0.2, 0.25) is 0 Å². The lowest BCUT2D eigenvalue weighted by Crippen LogP contribution is -2.14. The Morgan fingerprint density at radius 2 is 1.58 bits per heavy atom. The van der Waals surface area contributed by atoms with E-state index in [1.54, 1.807) is 19.2 Å². The molecule has 19 heavy (non-hydrogen) atoms. The minimum atomic E-state index is -4.45. The van der Waals surface area contributed by atoms with E-state index in [2.05, 4.69) is 9.97 Å². The highest BCUT2D eigenvalue weighted by molar-refractivity contribution is 5.57. The third kappa shape index (κ3) is 2.93. The quantitative estimate of drug-likeness (QED) is 0.910. The molecule has 0 saturated heterocycles. The van der Waals surface area contributed by atoms with Gasteiger partial charge in [-0.3, -0.25) is 0 Å². The smallest absolute Gasteiger partial charge is 0.419 e. The SMILES string of the molecule is CN(c1ccc(O)cc1)c1ncc(C(F)(F)F)cn1. The van der Waals surface area contributed by atoms with Gasteiger partial charge in [0.15, 0.2) is 0 Å². The maximum atomic E-state index is 12.4. The number of phenolic OH excluding ortho intramolecular Hbond substituents is 1. The maximum Gasteiger partial charge on any atom is 0.419 e. The van der Waals surface area contributed by atoms with E-state index in [4.69, 9.17) is 5.11 Å². The fourth-order valence-electron chi connectivity index (χ4n) is 1.43. The van der Waals surface area contributed by atoms with Crippen molar-refractivity contribution in [3.8, 4) is 5.75 Å². The van der Waals surface area contributed by atoms with Gasteiger partial charge in [0.1, 0.15) is 5.75 Å². The van der Waals surface area contributed by atoms with Gasteiger partial charge in [-0.15, -0.1) is 0 Å². The second-order valence-corrected chi connectivity index (χ2v) is 3.84. The predicted molar refractivity (Wildman–Crippen MR) is 63.2 cm³/mol. The van der Waals surface area contributed by atoms with Gasteiger partial charge in [0, 0.05) is 25.1 Å². The molecule has 4 nitrogen and oxygen atoms in total. The van der Waals surface area contributed by atoms with Crippen molar-refractivity contribution in [3.05, 3.63) is 42.2 Å². The second kappa shape index (κ2) is 4.75. The molecule has 1 aromatic heterocycles. The summed E-state index contributed by atoms with van der Waals surface area (Å²) in [5.74, 6) is 0.240. The zero-order valence-corrected chi connectivity index (χ0v) is 9.89. The van der Waals surface area contributed by atoms with Crippen molar-refractivity contribution in [2.24, 2.45) is 0 Å². The molecule has 0 amide bonds. The van der Waals surface area contributed by atoms with E-state index in [0.29, 0.717) is 5.69 Å². The van der Waals surface area contributed by atoms with Gasteiger partial charge in [-0.05, 0) is 24.3 Å². The summed E-state index contributed by atoms with van der Waals surface area (Å²) < 4.78 is 37.1. The molecule has 1 N–H and O–H groups in total. The molecule has 1 aromatic carbocycles. The Hall–Kier alpha value is -2.31. The monoisotopic (exact) mass is 269 g/mol. The van der Waals surface area contributed by atoms with Crippen LogP contribution in [0.5, 0.6) is 5.75 Å². The summed E-state index contributed by atoms with van der Waals surface area (Å²) in [6, 6.07) is 6.15. The number of phenols is 1. The number of anilines is 2. The number of hydrogen-bond acceptors (Lipinski definition) is 4. The zero-order valence-electron chi connectivity index (χ0n) is 9.89. The lowest BCUT2D eigenvalue weighted by molar-refractivity contribution is -0.138. The molecule has 0 atom stereocenters. The Morgan fingerprint density at radius 3 is 2.05 bits per heavy atom. The van der Waals surface area contributed by atoms with Gasteiger partial charge in [-0.25, -0.2) is 9.97 Å². The van der Waals surface area contributed by atoms with Gasteiger partial charge >= 0.3 is 6.18 Å². The van der Waals surface area contributed by atoms with Crippen LogP contribution < -0.4 is 4.90 Å². The van der Waals surface area contributed by atoms with E-state index < -0.39 is 11.7 Å². The molecular weight excluding hydrogens is 259 g/mol. The molecule has 0 radical (unpaired) electrons. The van der Waals surface area contributed by atoms with Crippen LogP contribution in [-0.4, -0.2) is 22.1 Å². The molecule has 0 unspecified atom stereocenters. The molecule has 0 spiro atoms. The molecule has 0 saturated carbocycles. The first-order valence-corrected chi connectivity index (χ1v) is 5.30. The molecular formula is C12H10F3N3O. The van der Waals surface area contributed by atoms with E-state index in [9.17, 15) is 13.2 Å². The highest BCUT2D eigenvalue weighted by atomic mass is 19.4. The predicted octanol–water partition coefficient (Wildman–Crippen LogP) is 2.97. The van der Waals surface area contributed by atoms with Gasteiger partial charge in [0.2, 0.25) is 5.95 Å². The first kappa shape index (κ1) is 13.1. The van der Waals surface area contributed by atoms with Crippen LogP contribution in [-0.2, 0) is 6.18 Å². The minimum absolute atomic E-state index is 0.102. The van der Waals surface area contributed by atoms with E-state index in [0.717, 1.165) is 12.4 Å². The molecule has 0 aliphatic rings. The molecule has 0 aliphatic heterocycles. The number of aromatic nitrogens is 2. The first-order chi connectivity index (χ1) is 8.88. The topological polar surface area (TPSA) is 49.2 Å². The zero-order chi connectivity index (χ0) is 14.0. The van der Waals surface area contributed by atoms with Crippen LogP contribution >= 0.6 is 0 Å². The Kier molecular flexibility index (Phi) is 3.28. The Balaban J connectivity index is 2.25. The lowest BCUT2D eigenvalue weighted by atomic mass is 10.3. The van der Waals surface area contributed by atoms with Crippen LogP contribution in [0.1, 0.15) is 5.56 Å². The van der Waals surface area contributed by atoms with Crippen molar-refractivity contribution in [1.29, 1.82) is 0 Å². The first-order valence-electron chi connectivity index (χ1n) is 5.30. The molecule has 0 fully saturated rings. The van der Waals surface area contributed by atoms with Crippen molar-refractivity contribution in [2.75, 3.05) is 11.9 Å². The third-order valence-electron chi connectivity index (χ3n) is 2.50. The van der Waals surface area contributed by atoms with Gasteiger partial charge in [-0.2, -0.15) is 13.2 Å². The molecule has 2 aromatic rings. The highest BCUT2D eigenvalue weighted by Gasteiger charge is 2.31. The van der Waals surface area contributed by atoms with Crippen LogP contribution in [0, 0.1) is 0 Å². The average molecular weight is 269 g/mol. The Labute approximate surface area is 107 Å². The fraction of sp³-hybridized carbons (Fsp3) is 0.167. The van der Waals surface area contributed by atoms with Crippen LogP contribution in [0.25, 0.3) is 0 Å². The molecule has 0 aliphatic carbocycles. The number of hydrogen-bond donors (Lipinski definition) is 1. The van der Waals surface area contributed by atoms with Crippen molar-refractivity contribution in [3.63, 3.8) is 0 Å². The number of rotatable bonds is 2. The number of alkyl halides is 3. The van der Waals surface area contributed by atoms with E-state index >= 15 is 0 Å². The van der Waals surface area contributed by atoms with Crippen LogP contribution in [0.15, 0.2) is 36.7 Å². The fourth-order valence-corrected chi connectivity index (χ4v) is 1.43. The third-order valence-corrected chi connectivity index (χ3v) is 2.50. The molecule has 2 rings (SSSR count). The number of benzene rings is 1. The standard InChI is InChI=1S/C12H10F3N3O/c1-18(9-2-4-10(19)5-3-9)11-16-6-8(7-17-11)12(13,14)15/h2-7,19H,1H3. The van der Waals surface area contributed by atoms with E-state index in [-0.39, 0.29) is 11.7 Å². The normalized spacial score (nSPS) is 11.4. The van der Waals surface area contributed by atoms with Crippen molar-refractivity contribution in [2.45, 2.75) is 6.18 Å². The summed E-state index contributed by atoms with van der Waals surface area (Å²) in [4.78, 5) is 8.87. The summed E-state index contributed by atoms with van der Waals surface area (Å²) in [6.45, 7) is 0. The van der Waals surface area contributed by atoms with E-state index in [1.165, 1.54) is 17.0 Å². The summed E-state index contributed by atoms with van der Waals surface area (Å²) in [5.41, 5.74) is -0.243. The lowest BCUT2D eigenvalue weighted by Gasteiger charge is -2.17. The van der Waals surface area contributed by atoms with Gasteiger partial charge in [0.05, 0.1) is 5.56 Å². The van der Waals surface area contributed by atoms with Crippen LogP contribution in [0.3, 0.4) is 0 Å². The van der Waals surface area contributed by atoms with Crippen molar-refractivity contribution >= 4 is 11.6 Å². The number of nitrogens with zero attached hydrogens (tertiary/aromatic N) is 3. The van der Waals surface area contributed by atoms with Gasteiger partial charge < -0.3 is 10.0 Å². The number of aromatic hydroxyl groups is 1. The summed E-state index contributed by atoms with van der Waals surface area (Å²) in [5, 5.41) is 9.16. The van der Waals surface area contributed by atoms with Crippen molar-refractivity contribution in [1.82, 2.24) is 9.97 Å². The Bertz CT molecular complexity index is 552. The average Bonchev–Trinajstić information content (AvgIpc) is 2.38. The van der Waals surface area contributed by atoms with E-state index in [1.807, 2.05) is 0 Å². The summed E-state index contributed by atoms with van der Waals surface area (Å²) >= 11 is 0. The highest BCUT2D eigenvalue weighted by Crippen LogP contribution is 2.29. The maximum absolute atomic E-state index is 12.4. The summed E-state index contributed by atoms with van der Waals surface area (Å²) in [7, 11) is 1.62. The largest absolute Gasteiger partial charge is 0.508 e.